The molecule has 0 radical (unpaired) electrons. The Morgan fingerprint density at radius 3 is 2.87 bits per heavy atom. The zero-order chi connectivity index (χ0) is 11.0. The van der Waals surface area contributed by atoms with Crippen LogP contribution in [0.25, 0.3) is 11.0 Å². The first kappa shape index (κ1) is 10.2. The molecule has 2 rings (SSSR count). The molecule has 0 saturated carbocycles. The van der Waals surface area contributed by atoms with Crippen molar-refractivity contribution < 1.29 is 13.9 Å². The van der Waals surface area contributed by atoms with Crippen molar-refractivity contribution in [3.63, 3.8) is 0 Å². The predicted molar refractivity (Wildman–Crippen MR) is 60.5 cm³/mol. The molecule has 0 saturated heterocycles. The van der Waals surface area contributed by atoms with E-state index in [1.807, 2.05) is 0 Å². The summed E-state index contributed by atoms with van der Waals surface area (Å²) < 4.78 is 11.2. The Bertz CT molecular complexity index is 528. The average Bonchev–Trinajstić information content (AvgIpc) is 2.67. The van der Waals surface area contributed by atoms with Crippen LogP contribution in [0, 0.1) is 0 Å². The van der Waals surface area contributed by atoms with E-state index in [0.29, 0.717) is 16.9 Å². The van der Waals surface area contributed by atoms with Crippen LogP contribution in [-0.4, -0.2) is 12.9 Å². The van der Waals surface area contributed by atoms with Crippen molar-refractivity contribution >= 4 is 32.7 Å². The molecule has 1 aromatic heterocycles. The summed E-state index contributed by atoms with van der Waals surface area (Å²) in [4.78, 5) is 11.4. The summed E-state index contributed by atoms with van der Waals surface area (Å²) in [5, 5.41) is 0.847. The number of carbonyl (C=O) groups is 1. The number of hydrogen-bond acceptors (Lipinski definition) is 3. The minimum atomic E-state index is -0.0109. The van der Waals surface area contributed by atoms with Crippen LogP contribution in [0.3, 0.4) is 0 Å². The summed E-state index contributed by atoms with van der Waals surface area (Å²) in [6, 6.07) is 3.48. The lowest BCUT2D eigenvalue weighted by Gasteiger charge is -2.06. The summed E-state index contributed by atoms with van der Waals surface area (Å²) >= 11 is 3.39. The van der Waals surface area contributed by atoms with E-state index in [0.717, 1.165) is 9.86 Å². The highest BCUT2D eigenvalue weighted by Crippen LogP contribution is 2.35. The van der Waals surface area contributed by atoms with Gasteiger partial charge in [-0.3, -0.25) is 4.79 Å². The Labute approximate surface area is 95.1 Å². The van der Waals surface area contributed by atoms with Crippen molar-refractivity contribution in [1.29, 1.82) is 0 Å². The molecule has 2 aromatic rings. The van der Waals surface area contributed by atoms with Gasteiger partial charge < -0.3 is 9.15 Å². The van der Waals surface area contributed by atoms with E-state index in [1.54, 1.807) is 25.5 Å². The van der Waals surface area contributed by atoms with Gasteiger partial charge >= 0.3 is 0 Å². The average molecular weight is 269 g/mol. The van der Waals surface area contributed by atoms with Gasteiger partial charge in [0.2, 0.25) is 0 Å². The number of rotatable bonds is 2. The van der Waals surface area contributed by atoms with Gasteiger partial charge in [-0.1, -0.05) is 0 Å². The van der Waals surface area contributed by atoms with E-state index in [9.17, 15) is 4.79 Å². The van der Waals surface area contributed by atoms with E-state index in [4.69, 9.17) is 9.15 Å². The molecule has 1 heterocycles. The molecular weight excluding hydrogens is 260 g/mol. The second-order valence-corrected chi connectivity index (χ2v) is 3.95. The van der Waals surface area contributed by atoms with Crippen LogP contribution < -0.4 is 4.74 Å². The second kappa shape index (κ2) is 3.70. The van der Waals surface area contributed by atoms with Crippen LogP contribution in [0.2, 0.25) is 0 Å². The van der Waals surface area contributed by atoms with E-state index in [1.165, 1.54) is 6.92 Å². The maximum atomic E-state index is 11.4. The maximum Gasteiger partial charge on any atom is 0.176 e. The fourth-order valence-electron chi connectivity index (χ4n) is 1.49. The molecule has 0 fully saturated rings. The molecule has 3 nitrogen and oxygen atoms in total. The minimum absolute atomic E-state index is 0.0109. The molecule has 4 heteroatoms. The van der Waals surface area contributed by atoms with Gasteiger partial charge in [-0.05, 0) is 35.0 Å². The largest absolute Gasteiger partial charge is 0.493 e. The van der Waals surface area contributed by atoms with Crippen LogP contribution in [-0.2, 0) is 0 Å². The third-order valence-corrected chi connectivity index (χ3v) is 3.09. The number of halogens is 1. The Morgan fingerprint density at radius 2 is 2.27 bits per heavy atom. The molecule has 0 amide bonds. The lowest BCUT2D eigenvalue weighted by molar-refractivity contribution is 0.101. The molecule has 0 aliphatic rings. The fourth-order valence-corrected chi connectivity index (χ4v) is 2.19. The van der Waals surface area contributed by atoms with Crippen molar-refractivity contribution in [2.45, 2.75) is 6.92 Å². The zero-order valence-electron chi connectivity index (χ0n) is 8.33. The highest BCUT2D eigenvalue weighted by atomic mass is 79.9. The molecule has 15 heavy (non-hydrogen) atoms. The third kappa shape index (κ3) is 1.55. The smallest absolute Gasteiger partial charge is 0.176 e. The summed E-state index contributed by atoms with van der Waals surface area (Å²) in [5.41, 5.74) is 1.25. The topological polar surface area (TPSA) is 39.4 Å². The van der Waals surface area contributed by atoms with Crippen LogP contribution in [0.5, 0.6) is 5.75 Å². The van der Waals surface area contributed by atoms with Crippen LogP contribution in [0.1, 0.15) is 17.3 Å². The van der Waals surface area contributed by atoms with Gasteiger partial charge in [-0.15, -0.1) is 0 Å². The van der Waals surface area contributed by atoms with Crippen molar-refractivity contribution in [3.8, 4) is 5.75 Å². The SMILES string of the molecule is COc1cc(C(C)=O)c(Br)c2ccoc12. The lowest BCUT2D eigenvalue weighted by atomic mass is 10.1. The first-order valence-corrected chi connectivity index (χ1v) is 5.19. The highest BCUT2D eigenvalue weighted by Gasteiger charge is 2.15. The molecule has 1 aromatic carbocycles. The molecule has 0 aliphatic carbocycles. The van der Waals surface area contributed by atoms with Crippen molar-refractivity contribution in [1.82, 2.24) is 0 Å². The lowest BCUT2D eigenvalue weighted by Crippen LogP contribution is -1.95. The number of hydrogen-bond donors (Lipinski definition) is 0. The predicted octanol–water partition coefficient (Wildman–Crippen LogP) is 3.41. The molecular formula is C11H9BrO3. The molecule has 0 unspecified atom stereocenters. The number of ether oxygens (including phenoxy) is 1. The Balaban J connectivity index is 2.84. The van der Waals surface area contributed by atoms with Crippen LogP contribution >= 0.6 is 15.9 Å². The third-order valence-electron chi connectivity index (χ3n) is 2.24. The first-order chi connectivity index (χ1) is 7.15. The number of methoxy groups -OCH3 is 1. The fraction of sp³-hybridized carbons (Fsp3) is 0.182. The number of Topliss-reactive ketones (excluding diaryl/α,β-unsaturated/α-hetero) is 1. The van der Waals surface area contributed by atoms with Gasteiger partial charge in [0, 0.05) is 15.4 Å². The Hall–Kier alpha value is -1.29. The summed E-state index contributed by atoms with van der Waals surface area (Å²) in [7, 11) is 1.55. The summed E-state index contributed by atoms with van der Waals surface area (Å²) in [6.07, 6.45) is 1.57. The van der Waals surface area contributed by atoms with E-state index in [-0.39, 0.29) is 5.78 Å². The standard InChI is InChI=1S/C11H9BrO3/c1-6(13)8-5-9(14-2)11-7(10(8)12)3-4-15-11/h3-5H,1-2H3. The van der Waals surface area contributed by atoms with Crippen LogP contribution in [0.4, 0.5) is 0 Å². The number of benzene rings is 1. The van der Waals surface area contributed by atoms with Crippen molar-refractivity contribution in [2.24, 2.45) is 0 Å². The normalized spacial score (nSPS) is 10.6. The van der Waals surface area contributed by atoms with E-state index >= 15 is 0 Å². The quantitative estimate of drug-likeness (QED) is 0.784. The Morgan fingerprint density at radius 1 is 1.53 bits per heavy atom. The van der Waals surface area contributed by atoms with Gasteiger partial charge in [0.05, 0.1) is 13.4 Å². The molecule has 78 valence electrons. The summed E-state index contributed by atoms with van der Waals surface area (Å²) in [6.45, 7) is 1.52. The summed E-state index contributed by atoms with van der Waals surface area (Å²) in [5.74, 6) is 0.562. The maximum absolute atomic E-state index is 11.4. The number of fused-ring (bicyclic) bond motifs is 1. The molecule has 0 atom stereocenters. The van der Waals surface area contributed by atoms with Crippen molar-refractivity contribution in [2.75, 3.05) is 7.11 Å². The van der Waals surface area contributed by atoms with Crippen LogP contribution in [0.15, 0.2) is 27.3 Å². The number of carbonyl (C=O) groups excluding carboxylic acids is 1. The first-order valence-electron chi connectivity index (χ1n) is 4.39. The van der Waals surface area contributed by atoms with Gasteiger partial charge in [0.25, 0.3) is 0 Å². The van der Waals surface area contributed by atoms with Gasteiger partial charge in [-0.25, -0.2) is 0 Å². The van der Waals surface area contributed by atoms with E-state index < -0.39 is 0 Å². The minimum Gasteiger partial charge on any atom is -0.493 e. The van der Waals surface area contributed by atoms with Gasteiger partial charge in [0.15, 0.2) is 17.1 Å². The van der Waals surface area contributed by atoms with Gasteiger partial charge in [-0.2, -0.15) is 0 Å². The van der Waals surface area contributed by atoms with E-state index in [2.05, 4.69) is 15.9 Å². The Kier molecular flexibility index (Phi) is 2.52. The second-order valence-electron chi connectivity index (χ2n) is 3.16. The molecule has 0 bridgehead atoms. The number of ketones is 1. The van der Waals surface area contributed by atoms with Gasteiger partial charge in [0.1, 0.15) is 0 Å². The molecule has 0 N–H and O–H groups in total. The monoisotopic (exact) mass is 268 g/mol. The van der Waals surface area contributed by atoms with Crippen molar-refractivity contribution in [3.05, 3.63) is 28.4 Å². The molecule has 0 aliphatic heterocycles. The zero-order valence-corrected chi connectivity index (χ0v) is 9.92. The number of furan rings is 1. The molecule has 0 spiro atoms. The highest BCUT2D eigenvalue weighted by molar-refractivity contribution is 9.10.